The Labute approximate surface area is 125 Å². The number of rotatable bonds is 8. The summed E-state index contributed by atoms with van der Waals surface area (Å²) in [5.74, 6) is 0. The summed E-state index contributed by atoms with van der Waals surface area (Å²) in [5.41, 5.74) is 3.82. The van der Waals surface area contributed by atoms with E-state index >= 15 is 0 Å². The summed E-state index contributed by atoms with van der Waals surface area (Å²) >= 11 is 0. The van der Waals surface area contributed by atoms with Crippen LogP contribution >= 0.6 is 8.60 Å². The molecule has 0 atom stereocenters. The van der Waals surface area contributed by atoms with Crippen LogP contribution in [0.1, 0.15) is 53.4 Å². The van der Waals surface area contributed by atoms with Gasteiger partial charge in [-0.05, 0) is 43.4 Å². The normalized spacial score (nSPS) is 14.0. The third kappa shape index (κ3) is 9.44. The van der Waals surface area contributed by atoms with Gasteiger partial charge < -0.3 is 13.9 Å². The molecular weight excluding hydrogens is 271 g/mol. The molecule has 0 heterocycles. The van der Waals surface area contributed by atoms with E-state index in [0.29, 0.717) is 13.2 Å². The molecule has 0 aromatic carbocycles. The Kier molecular flexibility index (Phi) is 12.0. The minimum atomic E-state index is -1.60. The summed E-state index contributed by atoms with van der Waals surface area (Å²) in [6, 6.07) is 0. The Morgan fingerprint density at radius 3 is 1.80 bits per heavy atom. The minimum Gasteiger partial charge on any atom is -0.328 e. The Hall–Kier alpha value is -0.470. The van der Waals surface area contributed by atoms with Gasteiger partial charge >= 0.3 is 8.60 Å². The summed E-state index contributed by atoms with van der Waals surface area (Å²) in [6.07, 6.45) is 8.27. The fourth-order valence-electron chi connectivity index (χ4n) is 1.34. The maximum atomic E-state index is 9.12. The molecule has 116 valence electrons. The van der Waals surface area contributed by atoms with E-state index in [1.54, 1.807) is 0 Å². The lowest BCUT2D eigenvalue weighted by molar-refractivity contribution is 0.196. The average molecular weight is 300 g/mol. The lowest BCUT2D eigenvalue weighted by Crippen LogP contribution is -1.94. The maximum absolute atomic E-state index is 9.12. The third-order valence-corrected chi connectivity index (χ3v) is 3.81. The highest BCUT2D eigenvalue weighted by molar-refractivity contribution is 7.40. The molecular formula is C16H29O3P. The second-order valence-corrected chi connectivity index (χ2v) is 5.77. The van der Waals surface area contributed by atoms with E-state index in [0.717, 1.165) is 31.3 Å². The Balaban J connectivity index is 0.000000388. The summed E-state index contributed by atoms with van der Waals surface area (Å²) in [4.78, 5) is 9.12. The second kappa shape index (κ2) is 12.3. The van der Waals surface area contributed by atoms with Gasteiger partial charge in [0.25, 0.3) is 0 Å². The Morgan fingerprint density at radius 1 is 1.05 bits per heavy atom. The first kappa shape index (κ1) is 19.5. The second-order valence-electron chi connectivity index (χ2n) is 4.78. The number of allylic oxidation sites excluding steroid dienone is 5. The third-order valence-electron chi connectivity index (χ3n) is 3.01. The van der Waals surface area contributed by atoms with Crippen LogP contribution in [0.3, 0.4) is 0 Å². The predicted octanol–water partition coefficient (Wildman–Crippen LogP) is 5.29. The van der Waals surface area contributed by atoms with Gasteiger partial charge in [0.1, 0.15) is 0 Å². The highest BCUT2D eigenvalue weighted by Crippen LogP contribution is 2.32. The zero-order valence-corrected chi connectivity index (χ0v) is 14.2. The molecule has 0 bridgehead atoms. The van der Waals surface area contributed by atoms with E-state index in [1.165, 1.54) is 11.1 Å². The van der Waals surface area contributed by atoms with Crippen LogP contribution in [0.25, 0.3) is 0 Å². The molecule has 1 aliphatic carbocycles. The van der Waals surface area contributed by atoms with Crippen LogP contribution in [0.4, 0.5) is 0 Å². The molecule has 0 aliphatic heterocycles. The quantitative estimate of drug-likeness (QED) is 0.489. The van der Waals surface area contributed by atoms with Crippen molar-refractivity contribution >= 4 is 8.60 Å². The van der Waals surface area contributed by atoms with Gasteiger partial charge in [0.05, 0.1) is 13.2 Å². The number of hydrogen-bond donors (Lipinski definition) is 1. The Bertz CT molecular complexity index is 321. The molecule has 1 aliphatic rings. The SMILES string of the molecule is C=C1C=CC(C)=C1C.CCCCOP(O)OCCCC. The van der Waals surface area contributed by atoms with Crippen LogP contribution in [0.5, 0.6) is 0 Å². The van der Waals surface area contributed by atoms with Crippen molar-refractivity contribution in [1.29, 1.82) is 0 Å². The molecule has 0 saturated carbocycles. The van der Waals surface area contributed by atoms with E-state index in [2.05, 4.69) is 40.3 Å². The van der Waals surface area contributed by atoms with E-state index in [9.17, 15) is 0 Å². The molecule has 1 rings (SSSR count). The summed E-state index contributed by atoms with van der Waals surface area (Å²) < 4.78 is 10.1. The first-order chi connectivity index (χ1) is 9.52. The van der Waals surface area contributed by atoms with Crippen LogP contribution < -0.4 is 0 Å². The van der Waals surface area contributed by atoms with Gasteiger partial charge in [0.2, 0.25) is 0 Å². The van der Waals surface area contributed by atoms with Crippen LogP contribution in [-0.4, -0.2) is 18.1 Å². The van der Waals surface area contributed by atoms with E-state index < -0.39 is 8.60 Å². The molecule has 0 spiro atoms. The number of unbranched alkanes of at least 4 members (excludes halogenated alkanes) is 2. The van der Waals surface area contributed by atoms with Crippen LogP contribution in [0, 0.1) is 0 Å². The van der Waals surface area contributed by atoms with Crippen molar-refractivity contribution in [3.05, 3.63) is 35.5 Å². The molecule has 0 aromatic rings. The van der Waals surface area contributed by atoms with Crippen molar-refractivity contribution in [2.45, 2.75) is 53.4 Å². The summed E-state index contributed by atoms with van der Waals surface area (Å²) in [5, 5.41) is 0. The Morgan fingerprint density at radius 2 is 1.55 bits per heavy atom. The molecule has 4 heteroatoms. The van der Waals surface area contributed by atoms with Gasteiger partial charge in [-0.25, -0.2) is 0 Å². The molecule has 20 heavy (non-hydrogen) atoms. The summed E-state index contributed by atoms with van der Waals surface area (Å²) in [6.45, 7) is 13.4. The van der Waals surface area contributed by atoms with Gasteiger partial charge in [-0.2, -0.15) is 0 Å². The predicted molar refractivity (Wildman–Crippen MR) is 87.5 cm³/mol. The van der Waals surface area contributed by atoms with Crippen LogP contribution in [0.15, 0.2) is 35.5 Å². The highest BCUT2D eigenvalue weighted by Gasteiger charge is 2.04. The number of hydrogen-bond acceptors (Lipinski definition) is 3. The van der Waals surface area contributed by atoms with Gasteiger partial charge in [0, 0.05) is 0 Å². The molecule has 1 N–H and O–H groups in total. The lowest BCUT2D eigenvalue weighted by Gasteiger charge is -2.09. The standard InChI is InChI=1S/C8H19O3P.C8H10/c1-3-5-7-10-12(9)11-8-6-4-2;1-6-4-5-7(2)8(6)3/h9H,3-8H2,1-2H3;4-5H,1H2,2-3H3. The molecule has 0 radical (unpaired) electrons. The smallest absolute Gasteiger partial charge is 0.328 e. The first-order valence-electron chi connectivity index (χ1n) is 7.32. The van der Waals surface area contributed by atoms with E-state index in [1.807, 2.05) is 6.08 Å². The topological polar surface area (TPSA) is 38.7 Å². The first-order valence-corrected chi connectivity index (χ1v) is 8.45. The highest BCUT2D eigenvalue weighted by atomic mass is 31.2. The summed E-state index contributed by atoms with van der Waals surface area (Å²) in [7, 11) is -1.60. The van der Waals surface area contributed by atoms with Crippen molar-refractivity contribution in [1.82, 2.24) is 0 Å². The monoisotopic (exact) mass is 300 g/mol. The van der Waals surface area contributed by atoms with Crippen LogP contribution in [0.2, 0.25) is 0 Å². The molecule has 0 fully saturated rings. The average Bonchev–Trinajstić information content (AvgIpc) is 2.71. The van der Waals surface area contributed by atoms with E-state index in [4.69, 9.17) is 13.9 Å². The fourth-order valence-corrected chi connectivity index (χ4v) is 1.99. The van der Waals surface area contributed by atoms with Crippen molar-refractivity contribution < 1.29 is 13.9 Å². The molecule has 0 amide bonds. The van der Waals surface area contributed by atoms with E-state index in [-0.39, 0.29) is 0 Å². The van der Waals surface area contributed by atoms with Gasteiger partial charge in [-0.3, -0.25) is 0 Å². The lowest BCUT2D eigenvalue weighted by atomic mass is 10.1. The van der Waals surface area contributed by atoms with Crippen molar-refractivity contribution in [2.24, 2.45) is 0 Å². The maximum Gasteiger partial charge on any atom is 0.329 e. The molecule has 0 saturated heterocycles. The molecule has 3 nitrogen and oxygen atoms in total. The fraction of sp³-hybridized carbons (Fsp3) is 0.625. The minimum absolute atomic E-state index is 0.602. The zero-order valence-electron chi connectivity index (χ0n) is 13.3. The van der Waals surface area contributed by atoms with Gasteiger partial charge in [0.15, 0.2) is 0 Å². The van der Waals surface area contributed by atoms with Gasteiger partial charge in [-0.1, -0.05) is 45.4 Å². The van der Waals surface area contributed by atoms with Crippen molar-refractivity contribution in [2.75, 3.05) is 13.2 Å². The van der Waals surface area contributed by atoms with Gasteiger partial charge in [-0.15, -0.1) is 0 Å². The van der Waals surface area contributed by atoms with Crippen molar-refractivity contribution in [3.63, 3.8) is 0 Å². The van der Waals surface area contributed by atoms with Crippen LogP contribution in [-0.2, 0) is 9.05 Å². The largest absolute Gasteiger partial charge is 0.329 e. The van der Waals surface area contributed by atoms with Crippen molar-refractivity contribution in [3.8, 4) is 0 Å². The molecule has 0 unspecified atom stereocenters. The zero-order chi connectivity index (χ0) is 15.4. The molecule has 0 aromatic heterocycles.